The van der Waals surface area contributed by atoms with Crippen LogP contribution in [0.25, 0.3) is 0 Å². The maximum Gasteiger partial charge on any atom is 1.00 e. The molecule has 0 saturated heterocycles. The van der Waals surface area contributed by atoms with E-state index < -0.39 is 5.97 Å². The van der Waals surface area contributed by atoms with Gasteiger partial charge in [-0.15, -0.1) is 0 Å². The van der Waals surface area contributed by atoms with Gasteiger partial charge in [0, 0.05) is 0 Å². The Morgan fingerprint density at radius 2 is 1.70 bits per heavy atom. The molecule has 0 heterocycles. The molecule has 0 unspecified atom stereocenters. The van der Waals surface area contributed by atoms with Crippen molar-refractivity contribution in [1.29, 1.82) is 0 Å². The summed E-state index contributed by atoms with van der Waals surface area (Å²) >= 11 is 0. The van der Waals surface area contributed by atoms with E-state index in [1.807, 2.05) is 0 Å². The molecule has 0 aliphatic heterocycles. The van der Waals surface area contributed by atoms with Crippen LogP contribution >= 0.6 is 0 Å². The predicted octanol–water partition coefficient (Wildman–Crippen LogP) is -2.95. The number of aromatic carboxylic acids is 1. The normalized spacial score (nSPS) is 8.00. The molecule has 10 heavy (non-hydrogen) atoms. The summed E-state index contributed by atoms with van der Waals surface area (Å²) in [5.74, 6) is -1.13. The summed E-state index contributed by atoms with van der Waals surface area (Å²) < 4.78 is 0. The average molecular weight is 162 g/mol. The molecule has 0 radical (unpaired) electrons. The first-order chi connectivity index (χ1) is 4.30. The van der Waals surface area contributed by atoms with Gasteiger partial charge in [-0.1, -0.05) is 30.3 Å². The molecular formula is C7H5KO2. The zero-order chi connectivity index (χ0) is 6.69. The van der Waals surface area contributed by atoms with E-state index in [1.54, 1.807) is 18.2 Å². The molecule has 0 fully saturated rings. The third-order valence-corrected chi connectivity index (χ3v) is 1.01. The van der Waals surface area contributed by atoms with Crippen LogP contribution in [0, 0.1) is 0 Å². The minimum Gasteiger partial charge on any atom is -0.545 e. The minimum atomic E-state index is -1.13. The van der Waals surface area contributed by atoms with E-state index in [-0.39, 0.29) is 56.9 Å². The smallest absolute Gasteiger partial charge is 0.545 e. The monoisotopic (exact) mass is 162 g/mol. The number of rotatable bonds is 1. The van der Waals surface area contributed by atoms with Gasteiger partial charge in [0.15, 0.2) is 0 Å². The molecule has 0 aliphatic rings. The van der Waals surface area contributed by atoms with Crippen molar-refractivity contribution in [1.82, 2.24) is 0 Å². The topological polar surface area (TPSA) is 40.1 Å². The van der Waals surface area contributed by atoms with Crippen molar-refractivity contribution in [2.24, 2.45) is 0 Å². The van der Waals surface area contributed by atoms with Crippen LogP contribution in [-0.4, -0.2) is 5.97 Å². The Balaban J connectivity index is 0.000000810. The van der Waals surface area contributed by atoms with E-state index >= 15 is 0 Å². The summed E-state index contributed by atoms with van der Waals surface area (Å²) in [6.07, 6.45) is 0. The van der Waals surface area contributed by atoms with Gasteiger partial charge in [0.25, 0.3) is 0 Å². The van der Waals surface area contributed by atoms with Crippen LogP contribution in [0.3, 0.4) is 0 Å². The van der Waals surface area contributed by atoms with Crippen molar-refractivity contribution in [3.63, 3.8) is 0 Å². The minimum absolute atomic E-state index is 0. The molecule has 0 aliphatic carbocycles. The fourth-order valence-electron chi connectivity index (χ4n) is 0.574. The first kappa shape index (κ1) is 10.3. The number of carboxylic acids is 1. The van der Waals surface area contributed by atoms with Crippen molar-refractivity contribution in [3.8, 4) is 0 Å². The molecule has 0 spiro atoms. The Labute approximate surface area is 102 Å². The van der Waals surface area contributed by atoms with Crippen molar-refractivity contribution < 1.29 is 61.3 Å². The molecule has 2 nitrogen and oxygen atoms in total. The summed E-state index contributed by atoms with van der Waals surface area (Å²) in [6, 6.07) is 8.06. The van der Waals surface area contributed by atoms with Gasteiger partial charge < -0.3 is 9.90 Å². The molecular weight excluding hydrogens is 157 g/mol. The third kappa shape index (κ3) is 2.94. The third-order valence-electron chi connectivity index (χ3n) is 1.01. The summed E-state index contributed by atoms with van der Waals surface area (Å²) in [5.41, 5.74) is 0.220. The van der Waals surface area contributed by atoms with Gasteiger partial charge in [-0.25, -0.2) is 0 Å². The van der Waals surface area contributed by atoms with Crippen LogP contribution in [0.5, 0.6) is 0 Å². The van der Waals surface area contributed by atoms with E-state index in [1.165, 1.54) is 12.1 Å². The standard InChI is InChI=1S/C7H6O2.K/c8-7(9)6-4-2-1-3-5-6;/h1-5H,(H,8,9);/q;+1/p-1/i8+1,9+1;. The molecule has 1 aromatic rings. The number of carbonyl (C=O) groups is 1. The number of carbonyl (C=O) groups excluding carboxylic acids is 1. The second kappa shape index (κ2) is 5.04. The summed E-state index contributed by atoms with van der Waals surface area (Å²) in [6.45, 7) is 0. The quantitative estimate of drug-likeness (QED) is 0.414. The van der Waals surface area contributed by atoms with Gasteiger partial charge in [-0.2, -0.15) is 0 Å². The van der Waals surface area contributed by atoms with Gasteiger partial charge in [0.2, 0.25) is 0 Å². The Hall–Kier alpha value is 0.326. The molecule has 3 heteroatoms. The molecule has 1 rings (SSSR count). The Morgan fingerprint density at radius 1 is 1.20 bits per heavy atom. The maximum absolute atomic E-state index is 10.1. The maximum atomic E-state index is 10.1. The van der Waals surface area contributed by atoms with E-state index in [2.05, 4.69) is 0 Å². The average Bonchev–Trinajstić information content (AvgIpc) is 1.90. The van der Waals surface area contributed by atoms with E-state index in [4.69, 9.17) is 0 Å². The summed E-state index contributed by atoms with van der Waals surface area (Å²) in [5, 5.41) is 10.1. The first-order valence-electron chi connectivity index (χ1n) is 2.57. The fourth-order valence-corrected chi connectivity index (χ4v) is 0.574. The van der Waals surface area contributed by atoms with E-state index in [0.717, 1.165) is 0 Å². The fraction of sp³-hybridized carbons (Fsp3) is 0. The molecule has 0 saturated carbocycles. The van der Waals surface area contributed by atoms with Crippen molar-refractivity contribution in [2.45, 2.75) is 0 Å². The summed E-state index contributed by atoms with van der Waals surface area (Å²) in [7, 11) is 0. The van der Waals surface area contributed by atoms with Crippen molar-refractivity contribution >= 4 is 5.97 Å². The van der Waals surface area contributed by atoms with Crippen LogP contribution in [-0.2, 0) is 0 Å². The number of carboxylic acid groups (broad SMARTS) is 1. The van der Waals surface area contributed by atoms with Crippen LogP contribution in [0.4, 0.5) is 0 Å². The van der Waals surface area contributed by atoms with Gasteiger partial charge >= 0.3 is 51.4 Å². The van der Waals surface area contributed by atoms with Gasteiger partial charge in [0.05, 0.1) is 5.97 Å². The zero-order valence-electron chi connectivity index (χ0n) is 5.70. The van der Waals surface area contributed by atoms with Gasteiger partial charge in [-0.3, -0.25) is 0 Å². The van der Waals surface area contributed by atoms with Crippen LogP contribution < -0.4 is 56.5 Å². The number of hydrogen-bond donors (Lipinski definition) is 0. The van der Waals surface area contributed by atoms with Crippen LogP contribution in [0.2, 0.25) is 0 Å². The molecule has 0 atom stereocenters. The zero-order valence-corrected chi connectivity index (χ0v) is 8.83. The molecule has 0 N–H and O–H groups in total. The van der Waals surface area contributed by atoms with Crippen LogP contribution in [0.15, 0.2) is 30.3 Å². The Kier molecular flexibility index (Phi) is 5.20. The largest absolute Gasteiger partial charge is 1.00 e. The molecule has 0 bridgehead atoms. The molecule has 0 aromatic heterocycles. The second-order valence-electron chi connectivity index (χ2n) is 1.65. The van der Waals surface area contributed by atoms with Crippen molar-refractivity contribution in [2.75, 3.05) is 0 Å². The van der Waals surface area contributed by atoms with Crippen LogP contribution in [0.1, 0.15) is 10.4 Å². The molecule has 0 amide bonds. The van der Waals surface area contributed by atoms with Gasteiger partial charge in [-0.05, 0) is 5.56 Å². The Morgan fingerprint density at radius 3 is 2.00 bits per heavy atom. The van der Waals surface area contributed by atoms with Crippen molar-refractivity contribution in [3.05, 3.63) is 35.9 Å². The summed E-state index contributed by atoms with van der Waals surface area (Å²) in [4.78, 5) is 10.1. The SMILES string of the molecule is [17O]=C([17O-])c1ccccc1.[K+]. The predicted molar refractivity (Wildman–Crippen MR) is 30.8 cm³/mol. The number of hydrogen-bond acceptors (Lipinski definition) is 2. The number of benzene rings is 1. The van der Waals surface area contributed by atoms with Gasteiger partial charge in [0.1, 0.15) is 0 Å². The molecule has 46 valence electrons. The van der Waals surface area contributed by atoms with E-state index in [9.17, 15) is 9.90 Å². The van der Waals surface area contributed by atoms with E-state index in [0.29, 0.717) is 0 Å². The Bertz CT molecular complexity index is 208. The second-order valence-corrected chi connectivity index (χ2v) is 1.65. The molecule has 1 aromatic carbocycles. The first-order valence-corrected chi connectivity index (χ1v) is 2.57.